The lowest BCUT2D eigenvalue weighted by Crippen LogP contribution is -2.31. The first-order valence-electron chi connectivity index (χ1n) is 6.10. The summed E-state index contributed by atoms with van der Waals surface area (Å²) in [6.45, 7) is 1.99. The fraction of sp³-hybridized carbons (Fsp3) is 0.500. The lowest BCUT2D eigenvalue weighted by Gasteiger charge is -2.16. The highest BCUT2D eigenvalue weighted by atomic mass is 35.5. The highest BCUT2D eigenvalue weighted by Crippen LogP contribution is 2.46. The Bertz CT molecular complexity index is 396. The molecule has 0 bridgehead atoms. The average molecular weight is 270 g/mol. The average Bonchev–Trinajstić information content (AvgIpc) is 2.99. The van der Waals surface area contributed by atoms with Gasteiger partial charge in [-0.3, -0.25) is 4.79 Å². The molecule has 3 unspecified atom stereocenters. The third kappa shape index (κ3) is 3.10. The van der Waals surface area contributed by atoms with Crippen LogP contribution < -0.4 is 5.73 Å². The molecule has 0 spiro atoms. The molecule has 0 amide bonds. The standard InChI is InChI=1S/C14H19NO2.ClH/c1-9(8-16)12(15)7-11-13(14(11)17)10-5-3-2-4-6-10;/h2-6,9,11-13,16H,7-8,15H2,1H3;1H/t9?,11?,12-,13?;/m0./s1. The van der Waals surface area contributed by atoms with Crippen LogP contribution in [0.15, 0.2) is 30.3 Å². The van der Waals surface area contributed by atoms with Crippen LogP contribution in [-0.4, -0.2) is 23.5 Å². The van der Waals surface area contributed by atoms with E-state index < -0.39 is 0 Å². The first kappa shape index (κ1) is 15.2. The topological polar surface area (TPSA) is 63.3 Å². The van der Waals surface area contributed by atoms with E-state index in [1.54, 1.807) is 0 Å². The monoisotopic (exact) mass is 269 g/mol. The Kier molecular flexibility index (Phi) is 5.32. The first-order valence-corrected chi connectivity index (χ1v) is 6.10. The number of carbonyl (C=O) groups is 1. The zero-order valence-corrected chi connectivity index (χ0v) is 11.3. The summed E-state index contributed by atoms with van der Waals surface area (Å²) in [7, 11) is 0. The number of aliphatic hydroxyl groups excluding tert-OH is 1. The van der Waals surface area contributed by atoms with Crippen molar-refractivity contribution in [2.45, 2.75) is 25.3 Å². The van der Waals surface area contributed by atoms with Crippen LogP contribution in [0.25, 0.3) is 0 Å². The maximum absolute atomic E-state index is 11.7. The van der Waals surface area contributed by atoms with Crippen molar-refractivity contribution in [2.24, 2.45) is 17.6 Å². The van der Waals surface area contributed by atoms with E-state index in [1.807, 2.05) is 37.3 Å². The normalized spacial score (nSPS) is 25.2. The van der Waals surface area contributed by atoms with E-state index in [0.29, 0.717) is 6.42 Å². The van der Waals surface area contributed by atoms with Crippen LogP contribution in [0.5, 0.6) is 0 Å². The molecule has 0 radical (unpaired) electrons. The highest BCUT2D eigenvalue weighted by molar-refractivity contribution is 6.04. The number of carbonyl (C=O) groups excluding carboxylic acids is 1. The molecule has 3 N–H and O–H groups in total. The minimum atomic E-state index is -0.0948. The van der Waals surface area contributed by atoms with E-state index in [9.17, 15) is 4.79 Å². The maximum atomic E-state index is 11.7. The van der Waals surface area contributed by atoms with E-state index in [2.05, 4.69) is 0 Å². The Hall–Kier alpha value is -0.900. The molecule has 1 saturated carbocycles. The van der Waals surface area contributed by atoms with Crippen LogP contribution in [-0.2, 0) is 4.79 Å². The van der Waals surface area contributed by atoms with Gasteiger partial charge in [0, 0.05) is 18.6 Å². The Morgan fingerprint density at radius 3 is 2.50 bits per heavy atom. The number of Topliss-reactive ketones (excluding diaryl/α,β-unsaturated/α-hetero) is 1. The van der Waals surface area contributed by atoms with Crippen molar-refractivity contribution in [3.8, 4) is 0 Å². The van der Waals surface area contributed by atoms with Crippen LogP contribution >= 0.6 is 12.4 Å². The molecule has 0 heterocycles. The second-order valence-electron chi connectivity index (χ2n) is 4.96. The minimum Gasteiger partial charge on any atom is -0.396 e. The number of halogens is 1. The van der Waals surface area contributed by atoms with Crippen molar-refractivity contribution in [2.75, 3.05) is 6.61 Å². The van der Waals surface area contributed by atoms with Gasteiger partial charge in [0.05, 0.1) is 5.92 Å². The second kappa shape index (κ2) is 6.32. The SMILES string of the molecule is CC(CO)[C@@H](N)CC1C(=O)C1c1ccccc1.Cl. The van der Waals surface area contributed by atoms with Crippen molar-refractivity contribution < 1.29 is 9.90 Å². The maximum Gasteiger partial charge on any atom is 0.145 e. The molecule has 0 aromatic heterocycles. The Balaban J connectivity index is 0.00000162. The van der Waals surface area contributed by atoms with Crippen molar-refractivity contribution >= 4 is 18.2 Å². The highest BCUT2D eigenvalue weighted by Gasteiger charge is 2.50. The number of benzene rings is 1. The summed E-state index contributed by atoms with van der Waals surface area (Å²) in [5.41, 5.74) is 7.05. The lowest BCUT2D eigenvalue weighted by molar-refractivity contribution is -0.111. The van der Waals surface area contributed by atoms with Crippen LogP contribution in [0, 0.1) is 11.8 Å². The molecule has 1 aliphatic rings. The Morgan fingerprint density at radius 1 is 1.33 bits per heavy atom. The summed E-state index contributed by atoms with van der Waals surface area (Å²) < 4.78 is 0. The van der Waals surface area contributed by atoms with E-state index in [1.165, 1.54) is 0 Å². The van der Waals surface area contributed by atoms with E-state index in [0.717, 1.165) is 5.56 Å². The molecule has 0 aliphatic heterocycles. The fourth-order valence-corrected chi connectivity index (χ4v) is 2.26. The molecule has 4 heteroatoms. The number of aliphatic hydroxyl groups is 1. The summed E-state index contributed by atoms with van der Waals surface area (Å²) in [5.74, 6) is 0.436. The van der Waals surface area contributed by atoms with Crippen LogP contribution in [0.1, 0.15) is 24.8 Å². The first-order chi connectivity index (χ1) is 8.15. The summed E-state index contributed by atoms with van der Waals surface area (Å²) in [5, 5.41) is 9.02. The molecule has 3 nitrogen and oxygen atoms in total. The van der Waals surface area contributed by atoms with Crippen molar-refractivity contribution in [3.05, 3.63) is 35.9 Å². The quantitative estimate of drug-likeness (QED) is 0.856. The van der Waals surface area contributed by atoms with Crippen molar-refractivity contribution in [1.82, 2.24) is 0 Å². The molecule has 1 aliphatic carbocycles. The molecule has 18 heavy (non-hydrogen) atoms. The van der Waals surface area contributed by atoms with Gasteiger partial charge >= 0.3 is 0 Å². The van der Waals surface area contributed by atoms with E-state index >= 15 is 0 Å². The van der Waals surface area contributed by atoms with Gasteiger partial charge in [0.15, 0.2) is 0 Å². The van der Waals surface area contributed by atoms with E-state index in [-0.39, 0.29) is 48.6 Å². The molecule has 100 valence electrons. The summed E-state index contributed by atoms with van der Waals surface area (Å²) in [6, 6.07) is 9.74. The van der Waals surface area contributed by atoms with Gasteiger partial charge in [-0.25, -0.2) is 0 Å². The summed E-state index contributed by atoms with van der Waals surface area (Å²) in [4.78, 5) is 11.7. The lowest BCUT2D eigenvalue weighted by atomic mass is 9.97. The molecule has 4 atom stereocenters. The van der Waals surface area contributed by atoms with Crippen LogP contribution in [0.2, 0.25) is 0 Å². The van der Waals surface area contributed by atoms with E-state index in [4.69, 9.17) is 10.8 Å². The van der Waals surface area contributed by atoms with Gasteiger partial charge in [-0.2, -0.15) is 0 Å². The van der Waals surface area contributed by atoms with Crippen molar-refractivity contribution in [3.63, 3.8) is 0 Å². The van der Waals surface area contributed by atoms with Crippen LogP contribution in [0.4, 0.5) is 0 Å². The summed E-state index contributed by atoms with van der Waals surface area (Å²) in [6.07, 6.45) is 0.681. The number of hydrogen-bond donors (Lipinski definition) is 2. The molecule has 1 aromatic rings. The Labute approximate surface area is 114 Å². The predicted molar refractivity (Wildman–Crippen MR) is 73.8 cm³/mol. The molecule has 1 fully saturated rings. The third-order valence-corrected chi connectivity index (χ3v) is 3.67. The molecule has 1 aromatic carbocycles. The van der Waals surface area contributed by atoms with Crippen molar-refractivity contribution in [1.29, 1.82) is 0 Å². The van der Waals surface area contributed by atoms with Gasteiger partial charge < -0.3 is 10.8 Å². The molecular weight excluding hydrogens is 250 g/mol. The zero-order valence-electron chi connectivity index (χ0n) is 10.5. The number of nitrogens with two attached hydrogens (primary N) is 1. The second-order valence-corrected chi connectivity index (χ2v) is 4.96. The third-order valence-electron chi connectivity index (χ3n) is 3.67. The number of rotatable bonds is 5. The van der Waals surface area contributed by atoms with Gasteiger partial charge in [-0.05, 0) is 17.9 Å². The molecule has 0 saturated heterocycles. The summed E-state index contributed by atoms with van der Waals surface area (Å²) >= 11 is 0. The zero-order chi connectivity index (χ0) is 12.4. The van der Waals surface area contributed by atoms with Gasteiger partial charge in [0.2, 0.25) is 0 Å². The predicted octanol–water partition coefficient (Wildman–Crippen LogP) is 1.74. The smallest absolute Gasteiger partial charge is 0.145 e. The molecular formula is C14H20ClNO2. The molecule has 2 rings (SSSR count). The largest absolute Gasteiger partial charge is 0.396 e. The van der Waals surface area contributed by atoms with Gasteiger partial charge in [0.1, 0.15) is 5.78 Å². The fourth-order valence-electron chi connectivity index (χ4n) is 2.26. The van der Waals surface area contributed by atoms with Crippen LogP contribution in [0.3, 0.4) is 0 Å². The van der Waals surface area contributed by atoms with Gasteiger partial charge in [0.25, 0.3) is 0 Å². The number of hydrogen-bond acceptors (Lipinski definition) is 3. The Morgan fingerprint density at radius 2 is 1.94 bits per heavy atom. The minimum absolute atomic E-state index is 0. The van der Waals surface area contributed by atoms with Gasteiger partial charge in [-0.15, -0.1) is 12.4 Å². The van der Waals surface area contributed by atoms with Gasteiger partial charge in [-0.1, -0.05) is 37.3 Å². The number of ketones is 1.